The van der Waals surface area contributed by atoms with Crippen molar-refractivity contribution in [1.29, 1.82) is 0 Å². The first kappa shape index (κ1) is 51.2. The first-order valence-electron chi connectivity index (χ1n) is 19.9. The summed E-state index contributed by atoms with van der Waals surface area (Å²) >= 11 is 0. The lowest BCUT2D eigenvalue weighted by molar-refractivity contribution is 0.342. The summed E-state index contributed by atoms with van der Waals surface area (Å²) in [5.41, 5.74) is -0.452. The maximum absolute atomic E-state index is 12.8. The van der Waals surface area contributed by atoms with Crippen molar-refractivity contribution in [1.82, 2.24) is 0 Å². The van der Waals surface area contributed by atoms with Gasteiger partial charge in [0.2, 0.25) is 0 Å². The lowest BCUT2D eigenvalue weighted by atomic mass is 10.1. The van der Waals surface area contributed by atoms with Crippen molar-refractivity contribution < 1.29 is 75.9 Å². The second kappa shape index (κ2) is 20.0. The number of nitrogens with one attached hydrogen (secondary N) is 1. The molecule has 0 aliphatic heterocycles. The summed E-state index contributed by atoms with van der Waals surface area (Å²) in [4.78, 5) is -3.26. The molecule has 28 heteroatoms. The van der Waals surface area contributed by atoms with E-state index in [0.717, 1.165) is 30.3 Å². The predicted molar refractivity (Wildman–Crippen MR) is 255 cm³/mol. The van der Waals surface area contributed by atoms with Gasteiger partial charge < -0.3 is 29.4 Å². The number of azo groups is 3. The van der Waals surface area contributed by atoms with Crippen LogP contribution in [0, 0.1) is 0 Å². The Morgan fingerprint density at radius 1 is 0.465 bits per heavy atom. The predicted octanol–water partition coefficient (Wildman–Crippen LogP) is 10.1. The number of phenolic OH excluding ortho intramolecular Hbond substituents is 1. The second-order valence-electron chi connectivity index (χ2n) is 14.6. The lowest BCUT2D eigenvalue weighted by Crippen LogP contribution is -2.03. The summed E-state index contributed by atoms with van der Waals surface area (Å²) in [5, 5.41) is 39.7. The first-order valence-corrected chi connectivity index (χ1v) is 25.7. The molecule has 7 aromatic carbocycles. The maximum atomic E-state index is 12.8. The normalized spacial score (nSPS) is 12.6. The molecule has 7 aromatic rings. The Hall–Kier alpha value is -7.70. The fourth-order valence-corrected chi connectivity index (χ4v) is 9.20. The Labute approximate surface area is 404 Å². The fourth-order valence-electron chi connectivity index (χ4n) is 6.80. The summed E-state index contributed by atoms with van der Waals surface area (Å²) in [6.07, 6.45) is 0. The number of hydrogen-bond acceptors (Lipinski definition) is 20. The third-order valence-corrected chi connectivity index (χ3v) is 13.5. The largest absolute Gasteiger partial charge is 0.505 e. The van der Waals surface area contributed by atoms with E-state index in [1.54, 1.807) is 37.3 Å². The Kier molecular flexibility index (Phi) is 14.4. The van der Waals surface area contributed by atoms with Gasteiger partial charge in [-0.3, -0.25) is 18.2 Å². The van der Waals surface area contributed by atoms with Crippen LogP contribution in [0.4, 0.5) is 45.5 Å². The minimum absolute atomic E-state index is 0.00442. The molecular weight excluding hydrogens is 1010 g/mol. The topological polar surface area (TPSA) is 361 Å². The standard InChI is InChI=1S/C43H37N7O17S4/c1-5-67-38-20-33(46-48-35-22-36(65-3)34(21-37(35)66-4)47-45-32-15-12-28(69(55,56)57)19-39(32)70(58,59)60)31-18-27(68(52,53)54)11-14-30(31)41(38)49-50-42-40(71(61,62)63)17-23-16-25(8-13-29(23)43(42)51)44-24-6-9-26(64-2)10-7-24/h6-22,44,51H,5H2,1-4H3,(H,52,53,54)(H,55,56,57)(H,58,59,60)(H,61,62,63). The molecule has 0 saturated heterocycles. The van der Waals surface area contributed by atoms with Gasteiger partial charge in [-0.25, -0.2) is 0 Å². The zero-order chi connectivity index (χ0) is 51.6. The minimum atomic E-state index is -5.09. The molecule has 0 radical (unpaired) electrons. The number of ether oxygens (including phenoxy) is 4. The number of nitrogens with zero attached hydrogens (tertiary/aromatic N) is 6. The van der Waals surface area contributed by atoms with Crippen LogP contribution < -0.4 is 24.3 Å². The molecular formula is C43H37N7O17S4. The van der Waals surface area contributed by atoms with Crippen molar-refractivity contribution in [3.8, 4) is 28.7 Å². The summed E-state index contributed by atoms with van der Waals surface area (Å²) in [7, 11) is -15.9. The third kappa shape index (κ3) is 11.3. The van der Waals surface area contributed by atoms with Crippen molar-refractivity contribution in [3.05, 3.63) is 103 Å². The summed E-state index contributed by atoms with van der Waals surface area (Å²) in [6.45, 7) is 1.61. The molecule has 0 heterocycles. The average molecular weight is 1050 g/mol. The van der Waals surface area contributed by atoms with Crippen LogP contribution in [0.5, 0.6) is 28.7 Å². The fraction of sp³-hybridized carbons (Fsp3) is 0.116. The Morgan fingerprint density at radius 3 is 1.55 bits per heavy atom. The molecule has 24 nitrogen and oxygen atoms in total. The molecule has 7 rings (SSSR count). The van der Waals surface area contributed by atoms with E-state index in [4.69, 9.17) is 18.9 Å². The Morgan fingerprint density at radius 2 is 0.986 bits per heavy atom. The van der Waals surface area contributed by atoms with E-state index in [1.165, 1.54) is 57.7 Å². The minimum Gasteiger partial charge on any atom is -0.505 e. The van der Waals surface area contributed by atoms with Gasteiger partial charge in [-0.15, -0.1) is 30.7 Å². The van der Waals surface area contributed by atoms with Crippen molar-refractivity contribution in [2.24, 2.45) is 30.7 Å². The number of aromatic hydroxyl groups is 1. The monoisotopic (exact) mass is 1050 g/mol. The summed E-state index contributed by atoms with van der Waals surface area (Å²) in [6, 6.07) is 21.9. The van der Waals surface area contributed by atoms with Crippen LogP contribution in [-0.2, 0) is 40.5 Å². The molecule has 0 atom stereocenters. The Bertz CT molecular complexity index is 3840. The smallest absolute Gasteiger partial charge is 0.296 e. The maximum Gasteiger partial charge on any atom is 0.296 e. The number of methoxy groups -OCH3 is 3. The van der Waals surface area contributed by atoms with Gasteiger partial charge in [-0.1, -0.05) is 6.07 Å². The van der Waals surface area contributed by atoms with Crippen molar-refractivity contribution in [2.75, 3.05) is 33.3 Å². The van der Waals surface area contributed by atoms with Crippen molar-refractivity contribution in [2.45, 2.75) is 26.5 Å². The Balaban J connectivity index is 1.32. The number of phenols is 1. The number of anilines is 2. The lowest BCUT2D eigenvalue weighted by Gasteiger charge is -2.14. The SMILES string of the molecule is CCOc1cc(N=Nc2cc(OC)c(N=Nc3ccc(S(=O)(=O)O)cc3S(=O)(=O)O)cc2OC)c2cc(S(=O)(=O)O)ccc2c1N=Nc1c(S(=O)(=O)O)cc2cc(Nc3ccc(OC)cc3)ccc2c1O. The van der Waals surface area contributed by atoms with Gasteiger partial charge >= 0.3 is 0 Å². The van der Waals surface area contributed by atoms with E-state index >= 15 is 0 Å². The number of hydrogen-bond donors (Lipinski definition) is 6. The van der Waals surface area contributed by atoms with Gasteiger partial charge in [-0.05, 0) is 91.2 Å². The van der Waals surface area contributed by atoms with E-state index in [1.807, 2.05) is 0 Å². The first-order chi connectivity index (χ1) is 33.4. The zero-order valence-electron chi connectivity index (χ0n) is 37.0. The van der Waals surface area contributed by atoms with Crippen LogP contribution in [0.1, 0.15) is 6.92 Å². The highest BCUT2D eigenvalue weighted by Gasteiger charge is 2.25. The van der Waals surface area contributed by atoms with Crippen LogP contribution in [0.3, 0.4) is 0 Å². The van der Waals surface area contributed by atoms with E-state index < -0.39 is 77.2 Å². The molecule has 0 bridgehead atoms. The van der Waals surface area contributed by atoms with Crippen LogP contribution >= 0.6 is 0 Å². The van der Waals surface area contributed by atoms with Gasteiger partial charge in [0.25, 0.3) is 40.5 Å². The molecule has 0 saturated carbocycles. The summed E-state index contributed by atoms with van der Waals surface area (Å²) in [5.74, 6) is -0.245. The van der Waals surface area contributed by atoms with Crippen molar-refractivity contribution in [3.63, 3.8) is 0 Å². The molecule has 0 fully saturated rings. The zero-order valence-corrected chi connectivity index (χ0v) is 40.2. The van der Waals surface area contributed by atoms with Gasteiger partial charge in [0.1, 0.15) is 61.2 Å². The van der Waals surface area contributed by atoms with Crippen LogP contribution in [-0.4, -0.2) is 84.9 Å². The second-order valence-corrected chi connectivity index (χ2v) is 20.2. The summed E-state index contributed by atoms with van der Waals surface area (Å²) < 4.78 is 159. The van der Waals surface area contributed by atoms with Crippen LogP contribution in [0.2, 0.25) is 0 Å². The highest BCUT2D eigenvalue weighted by Crippen LogP contribution is 2.48. The van der Waals surface area contributed by atoms with E-state index in [9.17, 15) is 57.0 Å². The van der Waals surface area contributed by atoms with Gasteiger partial charge in [0.05, 0.1) is 43.4 Å². The third-order valence-electron chi connectivity index (χ3n) is 10.1. The van der Waals surface area contributed by atoms with Crippen LogP contribution in [0.25, 0.3) is 21.5 Å². The van der Waals surface area contributed by atoms with E-state index in [2.05, 4.69) is 36.0 Å². The number of fused-ring (bicyclic) bond motifs is 2. The molecule has 0 amide bonds. The molecule has 6 N–H and O–H groups in total. The number of benzene rings is 7. The van der Waals surface area contributed by atoms with Gasteiger partial charge in [-0.2, -0.15) is 33.7 Å². The molecule has 0 aliphatic rings. The molecule has 370 valence electrons. The van der Waals surface area contributed by atoms with Gasteiger partial charge in [0, 0.05) is 45.7 Å². The number of rotatable bonds is 17. The molecule has 0 aromatic heterocycles. The molecule has 0 aliphatic carbocycles. The highest BCUT2D eigenvalue weighted by molar-refractivity contribution is 7.87. The molecule has 71 heavy (non-hydrogen) atoms. The quantitative estimate of drug-likeness (QED) is 0.0364. The van der Waals surface area contributed by atoms with Crippen molar-refractivity contribution >= 4 is 108 Å². The average Bonchev–Trinajstić information content (AvgIpc) is 3.31. The van der Waals surface area contributed by atoms with Crippen LogP contribution in [0.15, 0.2) is 153 Å². The highest BCUT2D eigenvalue weighted by atomic mass is 32.2. The van der Waals surface area contributed by atoms with E-state index in [0.29, 0.717) is 23.2 Å². The molecule has 0 spiro atoms. The van der Waals surface area contributed by atoms with Gasteiger partial charge in [0.15, 0.2) is 5.75 Å². The molecule has 0 unspecified atom stereocenters. The van der Waals surface area contributed by atoms with E-state index in [-0.39, 0.29) is 68.1 Å².